The molecule has 1 fully saturated rings. The molecule has 2 aliphatic rings. The molecule has 1 saturated heterocycles. The minimum atomic E-state index is -1.19. The average Bonchev–Trinajstić information content (AvgIpc) is 2.76. The molecule has 2 aliphatic heterocycles. The van der Waals surface area contributed by atoms with E-state index in [1.807, 2.05) is 24.8 Å². The number of carbonyl (C=O) groups is 3. The second-order valence-corrected chi connectivity index (χ2v) is 10.00. The van der Waals surface area contributed by atoms with Gasteiger partial charge >= 0.3 is 5.97 Å². The van der Waals surface area contributed by atoms with Crippen molar-refractivity contribution < 1.29 is 19.1 Å². The minimum absolute atomic E-state index is 0.0252. The number of esters is 1. The molecular weight excluding hydrogens is 494 g/mol. The van der Waals surface area contributed by atoms with Crippen LogP contribution in [0.1, 0.15) is 44.6 Å². The van der Waals surface area contributed by atoms with Gasteiger partial charge in [0.1, 0.15) is 5.92 Å². The first-order chi connectivity index (χ1) is 15.3. The van der Waals surface area contributed by atoms with E-state index in [-0.39, 0.29) is 29.3 Å². The molecule has 0 saturated carbocycles. The van der Waals surface area contributed by atoms with Gasteiger partial charge in [0.2, 0.25) is 11.8 Å². The molecule has 9 heteroatoms. The number of amides is 2. The molecule has 0 aliphatic carbocycles. The van der Waals surface area contributed by atoms with Crippen molar-refractivity contribution in [2.45, 2.75) is 51.1 Å². The number of carbonyl (C=O) groups excluding carboxylic acids is 3. The third-order valence-electron chi connectivity index (χ3n) is 6.01. The number of nitriles is 1. The number of halogens is 1. The maximum atomic E-state index is 13.0. The molecule has 0 spiro atoms. The summed E-state index contributed by atoms with van der Waals surface area (Å²) in [5.41, 5.74) is 0.888. The fourth-order valence-corrected chi connectivity index (χ4v) is 5.84. The van der Waals surface area contributed by atoms with E-state index in [1.165, 1.54) is 7.11 Å². The van der Waals surface area contributed by atoms with Gasteiger partial charge in [-0.2, -0.15) is 5.26 Å². The van der Waals surface area contributed by atoms with Crippen LogP contribution in [0, 0.1) is 17.2 Å². The number of rotatable bonds is 5. The fourth-order valence-electron chi connectivity index (χ4n) is 4.50. The fraction of sp³-hybridized carbons (Fsp3) is 0.478. The zero-order chi connectivity index (χ0) is 23.4. The van der Waals surface area contributed by atoms with Crippen LogP contribution in [0.3, 0.4) is 0 Å². The van der Waals surface area contributed by atoms with Crippen LogP contribution in [-0.2, 0) is 19.1 Å². The number of hydrogen-bond donors (Lipinski definition) is 1. The molecule has 7 nitrogen and oxygen atoms in total. The van der Waals surface area contributed by atoms with Crippen LogP contribution >= 0.6 is 27.7 Å². The Morgan fingerprint density at radius 2 is 2.00 bits per heavy atom. The largest absolute Gasteiger partial charge is 0.468 e. The highest BCUT2D eigenvalue weighted by Crippen LogP contribution is 2.41. The Bertz CT molecular complexity index is 980. The number of ether oxygens (including phenoxy) is 1. The predicted molar refractivity (Wildman–Crippen MR) is 125 cm³/mol. The van der Waals surface area contributed by atoms with Gasteiger partial charge in [-0.3, -0.25) is 14.4 Å². The van der Waals surface area contributed by atoms with Crippen LogP contribution in [0.15, 0.2) is 39.3 Å². The number of nitrogens with one attached hydrogen (secondary N) is 1. The van der Waals surface area contributed by atoms with E-state index in [2.05, 4.69) is 27.3 Å². The average molecular weight is 520 g/mol. The molecular formula is C23H26BrN3O4S. The van der Waals surface area contributed by atoms with Crippen molar-refractivity contribution in [1.29, 1.82) is 5.26 Å². The van der Waals surface area contributed by atoms with Crippen molar-refractivity contribution in [3.05, 3.63) is 44.9 Å². The second kappa shape index (κ2) is 10.5. The summed E-state index contributed by atoms with van der Waals surface area (Å²) >= 11 is 4.54. The van der Waals surface area contributed by atoms with Crippen LogP contribution in [0.5, 0.6) is 0 Å². The molecule has 170 valence electrons. The number of benzene rings is 1. The van der Waals surface area contributed by atoms with Gasteiger partial charge in [0, 0.05) is 22.5 Å². The van der Waals surface area contributed by atoms with Gasteiger partial charge < -0.3 is 15.0 Å². The van der Waals surface area contributed by atoms with Crippen molar-refractivity contribution in [2.75, 3.05) is 12.9 Å². The number of nitrogens with zero attached hydrogens (tertiary/aromatic N) is 2. The zero-order valence-corrected chi connectivity index (χ0v) is 20.7. The highest BCUT2D eigenvalue weighted by Gasteiger charge is 2.44. The van der Waals surface area contributed by atoms with Crippen LogP contribution < -0.4 is 5.32 Å². The summed E-state index contributed by atoms with van der Waals surface area (Å²) in [7, 11) is 1.22. The van der Waals surface area contributed by atoms with Gasteiger partial charge in [-0.1, -0.05) is 39.8 Å². The maximum absolute atomic E-state index is 13.0. The van der Waals surface area contributed by atoms with Gasteiger partial charge in [-0.25, -0.2) is 0 Å². The summed E-state index contributed by atoms with van der Waals surface area (Å²) < 4.78 is 5.62. The molecule has 0 aromatic heterocycles. The molecule has 1 aromatic rings. The van der Waals surface area contributed by atoms with Crippen LogP contribution in [0.4, 0.5) is 0 Å². The SMILES string of the molecule is COC(=O)[C@@H]1C(=O)NC(SCC(=O)N2[C@H](C)CCC[C@@H]2C)=C(C#N)[C@H]1c1cccc(Br)c1. The van der Waals surface area contributed by atoms with E-state index in [9.17, 15) is 19.6 Å². The zero-order valence-electron chi connectivity index (χ0n) is 18.3. The quantitative estimate of drug-likeness (QED) is 0.470. The Hall–Kier alpha value is -2.31. The van der Waals surface area contributed by atoms with Crippen LogP contribution in [-0.4, -0.2) is 47.6 Å². The molecule has 4 atom stereocenters. The summed E-state index contributed by atoms with van der Waals surface area (Å²) in [5.74, 6) is -3.17. The lowest BCUT2D eigenvalue weighted by molar-refractivity contribution is -0.150. The van der Waals surface area contributed by atoms with Crippen molar-refractivity contribution in [3.63, 3.8) is 0 Å². The van der Waals surface area contributed by atoms with Gasteiger partial charge in [-0.05, 0) is 50.8 Å². The minimum Gasteiger partial charge on any atom is -0.468 e. The third-order valence-corrected chi connectivity index (χ3v) is 7.51. The van der Waals surface area contributed by atoms with E-state index in [0.717, 1.165) is 35.5 Å². The summed E-state index contributed by atoms with van der Waals surface area (Å²) in [6.45, 7) is 4.09. The van der Waals surface area contributed by atoms with Crippen LogP contribution in [0.25, 0.3) is 0 Å². The molecule has 2 heterocycles. The Balaban J connectivity index is 1.93. The van der Waals surface area contributed by atoms with Crippen molar-refractivity contribution in [3.8, 4) is 6.07 Å². The Kier molecular flexibility index (Phi) is 8.01. The number of likely N-dealkylation sites (tertiary alicyclic amines) is 1. The van der Waals surface area contributed by atoms with Crippen LogP contribution in [0.2, 0.25) is 0 Å². The highest BCUT2D eigenvalue weighted by atomic mass is 79.9. The number of allylic oxidation sites excluding steroid dienone is 1. The van der Waals surface area contributed by atoms with Crippen molar-refractivity contribution >= 4 is 45.5 Å². The molecule has 0 radical (unpaired) electrons. The second-order valence-electron chi connectivity index (χ2n) is 8.10. The number of thioether (sulfide) groups is 1. The molecule has 0 bridgehead atoms. The number of hydrogen-bond acceptors (Lipinski definition) is 6. The van der Waals surface area contributed by atoms with Crippen molar-refractivity contribution in [2.24, 2.45) is 5.92 Å². The first kappa shape index (κ1) is 24.3. The van der Waals surface area contributed by atoms with E-state index < -0.39 is 23.7 Å². The van der Waals surface area contributed by atoms with Gasteiger partial charge in [0.15, 0.2) is 0 Å². The summed E-state index contributed by atoms with van der Waals surface area (Å²) in [6.07, 6.45) is 3.03. The monoisotopic (exact) mass is 519 g/mol. The normalized spacial score (nSPS) is 25.7. The Labute approximate surface area is 200 Å². The lowest BCUT2D eigenvalue weighted by atomic mass is 9.78. The summed E-state index contributed by atoms with van der Waals surface area (Å²) in [6, 6.07) is 9.65. The topological polar surface area (TPSA) is 99.5 Å². The summed E-state index contributed by atoms with van der Waals surface area (Å²) in [4.78, 5) is 40.2. The van der Waals surface area contributed by atoms with Crippen molar-refractivity contribution in [1.82, 2.24) is 10.2 Å². The molecule has 32 heavy (non-hydrogen) atoms. The molecule has 0 unspecified atom stereocenters. The van der Waals surface area contributed by atoms with E-state index in [0.29, 0.717) is 10.6 Å². The Morgan fingerprint density at radius 3 is 2.59 bits per heavy atom. The lowest BCUT2D eigenvalue weighted by Crippen LogP contribution is -2.48. The summed E-state index contributed by atoms with van der Waals surface area (Å²) in [5, 5.41) is 13.0. The standard InChI is InChI=1S/C23H26BrN3O4S/c1-13-6-4-7-14(2)27(13)18(28)12-32-22-17(11-25)19(15-8-5-9-16(24)10-15)20(21(29)26-22)23(30)31-3/h5,8-10,13-14,19-20H,4,6-7,12H2,1-3H3,(H,26,29)/t13-,14+,19-,20+/m1/s1. The third kappa shape index (κ3) is 5.02. The predicted octanol–water partition coefficient (Wildman–Crippen LogP) is 3.71. The smallest absolute Gasteiger partial charge is 0.319 e. The van der Waals surface area contributed by atoms with E-state index in [1.54, 1.807) is 18.2 Å². The molecule has 1 aromatic carbocycles. The molecule has 2 amide bonds. The number of piperidine rings is 1. The lowest BCUT2D eigenvalue weighted by Gasteiger charge is -2.39. The first-order valence-corrected chi connectivity index (χ1v) is 12.3. The first-order valence-electron chi connectivity index (χ1n) is 10.5. The Morgan fingerprint density at radius 1 is 1.31 bits per heavy atom. The van der Waals surface area contributed by atoms with E-state index >= 15 is 0 Å². The highest BCUT2D eigenvalue weighted by molar-refractivity contribution is 9.10. The van der Waals surface area contributed by atoms with Gasteiger partial charge in [-0.15, -0.1) is 0 Å². The number of methoxy groups -OCH3 is 1. The van der Waals surface area contributed by atoms with Gasteiger partial charge in [0.05, 0.1) is 29.5 Å². The molecule has 1 N–H and O–H groups in total. The van der Waals surface area contributed by atoms with Gasteiger partial charge in [0.25, 0.3) is 0 Å². The maximum Gasteiger partial charge on any atom is 0.319 e. The van der Waals surface area contributed by atoms with E-state index in [4.69, 9.17) is 4.74 Å². The molecule has 3 rings (SSSR count).